The molecule has 0 unspecified atom stereocenters. The van der Waals surface area contributed by atoms with Crippen LogP contribution in [0.3, 0.4) is 0 Å². The van der Waals surface area contributed by atoms with Gasteiger partial charge in [0.05, 0.1) is 12.3 Å². The molecule has 0 saturated carbocycles. The summed E-state index contributed by atoms with van der Waals surface area (Å²) in [6.07, 6.45) is 1.71. The predicted molar refractivity (Wildman–Crippen MR) is 51.2 cm³/mol. The molecule has 1 rings (SSSR count). The lowest BCUT2D eigenvalue weighted by atomic mass is 10.2. The first-order valence-corrected chi connectivity index (χ1v) is 4.53. The largest absolute Gasteiger partial charge is 0.488 e. The summed E-state index contributed by atoms with van der Waals surface area (Å²) in [5.74, 6) is -2.13. The maximum absolute atomic E-state index is 13.1. The molecule has 0 atom stereocenters. The summed E-state index contributed by atoms with van der Waals surface area (Å²) in [7, 11) is 0. The number of anilines is 1. The molecule has 0 saturated heterocycles. The zero-order valence-electron chi connectivity index (χ0n) is 8.02. The third-order valence-corrected chi connectivity index (χ3v) is 1.82. The Morgan fingerprint density at radius 3 is 2.71 bits per heavy atom. The molecule has 0 aromatic heterocycles. The number of nitrogens with two attached hydrogens (primary N) is 1. The second kappa shape index (κ2) is 4.79. The zero-order valence-corrected chi connectivity index (χ0v) is 8.02. The van der Waals surface area contributed by atoms with Gasteiger partial charge in [0.2, 0.25) is 5.82 Å². The van der Waals surface area contributed by atoms with Crippen molar-refractivity contribution < 1.29 is 13.5 Å². The van der Waals surface area contributed by atoms with Crippen molar-refractivity contribution in [3.05, 3.63) is 23.8 Å². The van der Waals surface area contributed by atoms with Gasteiger partial charge in [0.25, 0.3) is 0 Å². The van der Waals surface area contributed by atoms with Gasteiger partial charge >= 0.3 is 0 Å². The van der Waals surface area contributed by atoms with Crippen LogP contribution in [0.15, 0.2) is 12.1 Å². The molecule has 1 aromatic rings. The Morgan fingerprint density at radius 2 is 2.07 bits per heavy atom. The average Bonchev–Trinajstić information content (AvgIpc) is 2.18. The van der Waals surface area contributed by atoms with Crippen LogP contribution < -0.4 is 10.5 Å². The lowest BCUT2D eigenvalue weighted by Crippen LogP contribution is -2.03. The van der Waals surface area contributed by atoms with Crippen molar-refractivity contribution in [1.82, 2.24) is 0 Å². The van der Waals surface area contributed by atoms with Crippen LogP contribution in [-0.2, 0) is 0 Å². The molecule has 0 fully saturated rings. The summed E-state index contributed by atoms with van der Waals surface area (Å²) in [6.45, 7) is 2.33. The van der Waals surface area contributed by atoms with Crippen LogP contribution in [0, 0.1) is 11.6 Å². The summed E-state index contributed by atoms with van der Waals surface area (Å²) in [4.78, 5) is 0. The highest BCUT2D eigenvalue weighted by atomic mass is 19.2. The van der Waals surface area contributed by atoms with Gasteiger partial charge in [-0.25, -0.2) is 4.39 Å². The van der Waals surface area contributed by atoms with Gasteiger partial charge in [-0.2, -0.15) is 4.39 Å². The Hall–Kier alpha value is -1.32. The van der Waals surface area contributed by atoms with Crippen molar-refractivity contribution >= 4 is 5.69 Å². The Labute approximate surface area is 81.7 Å². The van der Waals surface area contributed by atoms with E-state index >= 15 is 0 Å². The van der Waals surface area contributed by atoms with E-state index in [4.69, 9.17) is 10.5 Å². The second-order valence-corrected chi connectivity index (χ2v) is 2.98. The fourth-order valence-electron chi connectivity index (χ4n) is 1.01. The number of benzene rings is 1. The molecule has 0 amide bonds. The smallest absolute Gasteiger partial charge is 0.202 e. The first-order chi connectivity index (χ1) is 6.66. The van der Waals surface area contributed by atoms with E-state index in [1.54, 1.807) is 0 Å². The van der Waals surface area contributed by atoms with Crippen LogP contribution in [0.2, 0.25) is 0 Å². The number of rotatable bonds is 4. The minimum absolute atomic E-state index is 0.125. The number of hydrogen-bond acceptors (Lipinski definition) is 2. The van der Waals surface area contributed by atoms with E-state index in [1.807, 2.05) is 6.92 Å². The van der Waals surface area contributed by atoms with Crippen molar-refractivity contribution in [3.63, 3.8) is 0 Å². The summed E-state index contributed by atoms with van der Waals surface area (Å²) >= 11 is 0. The third-order valence-electron chi connectivity index (χ3n) is 1.82. The molecule has 2 nitrogen and oxygen atoms in total. The fourth-order valence-corrected chi connectivity index (χ4v) is 1.01. The van der Waals surface area contributed by atoms with E-state index in [1.165, 1.54) is 6.07 Å². The van der Waals surface area contributed by atoms with Gasteiger partial charge in [-0.1, -0.05) is 13.3 Å². The molecule has 0 radical (unpaired) electrons. The molecule has 0 aliphatic carbocycles. The molecule has 1 aromatic carbocycles. The number of nitrogen functional groups attached to an aromatic ring is 1. The van der Waals surface area contributed by atoms with E-state index in [0.29, 0.717) is 6.61 Å². The third kappa shape index (κ3) is 2.34. The minimum atomic E-state index is -1.01. The number of halogens is 2. The molecule has 14 heavy (non-hydrogen) atoms. The fraction of sp³-hybridized carbons (Fsp3) is 0.400. The molecule has 0 bridgehead atoms. The lowest BCUT2D eigenvalue weighted by Gasteiger charge is -2.09. The highest BCUT2D eigenvalue weighted by Crippen LogP contribution is 2.27. The molecule has 4 heteroatoms. The molecule has 2 N–H and O–H groups in total. The molecule has 0 aliphatic heterocycles. The number of hydrogen-bond donors (Lipinski definition) is 1. The van der Waals surface area contributed by atoms with Crippen molar-refractivity contribution in [1.29, 1.82) is 0 Å². The van der Waals surface area contributed by atoms with Crippen LogP contribution in [-0.4, -0.2) is 6.61 Å². The van der Waals surface area contributed by atoms with Crippen molar-refractivity contribution in [3.8, 4) is 5.75 Å². The summed E-state index contributed by atoms with van der Waals surface area (Å²) in [6, 6.07) is 2.27. The Bertz CT molecular complexity index is 315. The monoisotopic (exact) mass is 201 g/mol. The predicted octanol–water partition coefficient (Wildman–Crippen LogP) is 2.73. The van der Waals surface area contributed by atoms with Crippen LogP contribution in [0.5, 0.6) is 5.75 Å². The topological polar surface area (TPSA) is 35.2 Å². The standard InChI is InChI=1S/C10H13F2NO/c1-2-3-6-14-10-8(13)5-4-7(11)9(10)12/h4-5H,2-3,6,13H2,1H3. The molecular weight excluding hydrogens is 188 g/mol. The van der Waals surface area contributed by atoms with Gasteiger partial charge in [0.15, 0.2) is 11.6 Å². The summed E-state index contributed by atoms with van der Waals surface area (Å²) in [5.41, 5.74) is 5.57. The van der Waals surface area contributed by atoms with Crippen LogP contribution in [0.1, 0.15) is 19.8 Å². The molecule has 78 valence electrons. The highest BCUT2D eigenvalue weighted by Gasteiger charge is 2.12. The van der Waals surface area contributed by atoms with Gasteiger partial charge < -0.3 is 10.5 Å². The van der Waals surface area contributed by atoms with Gasteiger partial charge in [0, 0.05) is 0 Å². The molecule has 0 spiro atoms. The SMILES string of the molecule is CCCCOc1c(N)ccc(F)c1F. The lowest BCUT2D eigenvalue weighted by molar-refractivity contribution is 0.290. The first kappa shape index (κ1) is 10.8. The maximum atomic E-state index is 13.1. The van der Waals surface area contributed by atoms with E-state index in [-0.39, 0.29) is 11.4 Å². The molecule has 0 aliphatic rings. The average molecular weight is 201 g/mol. The van der Waals surface area contributed by atoms with Crippen LogP contribution >= 0.6 is 0 Å². The van der Waals surface area contributed by atoms with Crippen molar-refractivity contribution in [2.24, 2.45) is 0 Å². The van der Waals surface area contributed by atoms with Crippen molar-refractivity contribution in [2.45, 2.75) is 19.8 Å². The normalized spacial score (nSPS) is 10.2. The van der Waals surface area contributed by atoms with Gasteiger partial charge in [-0.15, -0.1) is 0 Å². The van der Waals surface area contributed by atoms with Crippen LogP contribution in [0.25, 0.3) is 0 Å². The minimum Gasteiger partial charge on any atom is -0.488 e. The molecule has 0 heterocycles. The van der Waals surface area contributed by atoms with Gasteiger partial charge in [-0.3, -0.25) is 0 Å². The van der Waals surface area contributed by atoms with E-state index in [9.17, 15) is 8.78 Å². The van der Waals surface area contributed by atoms with Crippen LogP contribution in [0.4, 0.5) is 14.5 Å². The van der Waals surface area contributed by atoms with Gasteiger partial charge in [-0.05, 0) is 18.6 Å². The summed E-state index contributed by atoms with van der Waals surface area (Å²) in [5, 5.41) is 0. The number of ether oxygens (including phenoxy) is 1. The Morgan fingerprint density at radius 1 is 1.36 bits per heavy atom. The number of unbranched alkanes of at least 4 members (excludes halogenated alkanes) is 1. The summed E-state index contributed by atoms with van der Waals surface area (Å²) < 4.78 is 30.9. The second-order valence-electron chi connectivity index (χ2n) is 2.98. The van der Waals surface area contributed by atoms with Gasteiger partial charge in [0.1, 0.15) is 0 Å². The van der Waals surface area contributed by atoms with Crippen molar-refractivity contribution in [2.75, 3.05) is 12.3 Å². The Balaban J connectivity index is 2.79. The quantitative estimate of drug-likeness (QED) is 0.600. The molecular formula is C10H13F2NO. The zero-order chi connectivity index (χ0) is 10.6. The highest BCUT2D eigenvalue weighted by molar-refractivity contribution is 5.53. The van der Waals surface area contributed by atoms with E-state index < -0.39 is 11.6 Å². The maximum Gasteiger partial charge on any atom is 0.202 e. The van der Waals surface area contributed by atoms with E-state index in [0.717, 1.165) is 18.9 Å². The van der Waals surface area contributed by atoms with E-state index in [2.05, 4.69) is 0 Å². The Kier molecular flexibility index (Phi) is 3.68. The first-order valence-electron chi connectivity index (χ1n) is 4.53.